The number of halogens is 1. The van der Waals surface area contributed by atoms with E-state index in [4.69, 9.17) is 4.74 Å². The van der Waals surface area contributed by atoms with E-state index in [0.717, 1.165) is 6.54 Å². The third-order valence-electron chi connectivity index (χ3n) is 2.66. The SMILES string of the molecule is C[C@H](OC(C)(C)C)[C@@H]1[C@H](F)CCN1C. The predicted molar refractivity (Wildman–Crippen MR) is 56.2 cm³/mol. The summed E-state index contributed by atoms with van der Waals surface area (Å²) in [5, 5.41) is 0. The van der Waals surface area contributed by atoms with Gasteiger partial charge >= 0.3 is 0 Å². The summed E-state index contributed by atoms with van der Waals surface area (Å²) in [5.74, 6) is 0. The monoisotopic (exact) mass is 203 g/mol. The number of rotatable bonds is 2. The quantitative estimate of drug-likeness (QED) is 0.682. The Morgan fingerprint density at radius 2 is 2.00 bits per heavy atom. The van der Waals surface area contributed by atoms with Gasteiger partial charge in [-0.25, -0.2) is 4.39 Å². The molecule has 0 amide bonds. The lowest BCUT2D eigenvalue weighted by Crippen LogP contribution is -2.44. The average Bonchev–Trinajstić information content (AvgIpc) is 2.27. The first-order valence-electron chi connectivity index (χ1n) is 5.33. The van der Waals surface area contributed by atoms with Gasteiger partial charge in [-0.15, -0.1) is 0 Å². The molecule has 1 aliphatic rings. The van der Waals surface area contributed by atoms with Crippen LogP contribution in [0.4, 0.5) is 4.39 Å². The van der Waals surface area contributed by atoms with Crippen LogP contribution in [0.15, 0.2) is 0 Å². The molecule has 1 aliphatic heterocycles. The van der Waals surface area contributed by atoms with E-state index in [-0.39, 0.29) is 17.7 Å². The normalized spacial score (nSPS) is 32.1. The van der Waals surface area contributed by atoms with E-state index in [1.54, 1.807) is 0 Å². The van der Waals surface area contributed by atoms with Crippen molar-refractivity contribution < 1.29 is 9.13 Å². The second-order valence-corrected chi connectivity index (χ2v) is 5.21. The maximum atomic E-state index is 13.5. The van der Waals surface area contributed by atoms with Gasteiger partial charge in [0.1, 0.15) is 6.17 Å². The number of likely N-dealkylation sites (N-methyl/N-ethyl adjacent to an activating group) is 1. The third kappa shape index (κ3) is 2.92. The lowest BCUT2D eigenvalue weighted by Gasteiger charge is -2.32. The number of hydrogen-bond donors (Lipinski definition) is 0. The van der Waals surface area contributed by atoms with Gasteiger partial charge in [-0.1, -0.05) is 0 Å². The van der Waals surface area contributed by atoms with Crippen LogP contribution in [0.2, 0.25) is 0 Å². The number of hydrogen-bond acceptors (Lipinski definition) is 2. The first-order valence-corrected chi connectivity index (χ1v) is 5.33. The predicted octanol–water partition coefficient (Wildman–Crippen LogP) is 2.23. The Hall–Kier alpha value is -0.150. The summed E-state index contributed by atoms with van der Waals surface area (Å²) in [6, 6.07) is -0.0748. The molecular formula is C11H22FNO. The smallest absolute Gasteiger partial charge is 0.119 e. The van der Waals surface area contributed by atoms with E-state index < -0.39 is 6.17 Å². The molecular weight excluding hydrogens is 181 g/mol. The number of ether oxygens (including phenoxy) is 1. The van der Waals surface area contributed by atoms with Crippen LogP contribution in [0.5, 0.6) is 0 Å². The van der Waals surface area contributed by atoms with Crippen LogP contribution in [0.3, 0.4) is 0 Å². The van der Waals surface area contributed by atoms with E-state index in [9.17, 15) is 4.39 Å². The zero-order valence-corrected chi connectivity index (χ0v) is 9.88. The van der Waals surface area contributed by atoms with Gasteiger partial charge in [0.15, 0.2) is 0 Å². The van der Waals surface area contributed by atoms with Crippen LogP contribution in [-0.4, -0.2) is 42.4 Å². The highest BCUT2D eigenvalue weighted by Crippen LogP contribution is 2.25. The minimum Gasteiger partial charge on any atom is -0.371 e. The Morgan fingerprint density at radius 3 is 2.36 bits per heavy atom. The van der Waals surface area contributed by atoms with Gasteiger partial charge in [-0.2, -0.15) is 0 Å². The molecule has 0 aliphatic carbocycles. The van der Waals surface area contributed by atoms with Crippen LogP contribution in [0.25, 0.3) is 0 Å². The Bertz CT molecular complexity index is 180. The maximum absolute atomic E-state index is 13.5. The largest absolute Gasteiger partial charge is 0.371 e. The van der Waals surface area contributed by atoms with Crippen molar-refractivity contribution in [2.75, 3.05) is 13.6 Å². The molecule has 0 aromatic rings. The van der Waals surface area contributed by atoms with Crippen LogP contribution in [0.1, 0.15) is 34.1 Å². The molecule has 14 heavy (non-hydrogen) atoms. The molecule has 0 saturated carbocycles. The molecule has 1 rings (SSSR count). The van der Waals surface area contributed by atoms with Gasteiger partial charge in [0.2, 0.25) is 0 Å². The molecule has 0 radical (unpaired) electrons. The van der Waals surface area contributed by atoms with Crippen LogP contribution in [0, 0.1) is 0 Å². The fraction of sp³-hybridized carbons (Fsp3) is 1.00. The zero-order chi connectivity index (χ0) is 10.9. The third-order valence-corrected chi connectivity index (χ3v) is 2.66. The maximum Gasteiger partial charge on any atom is 0.119 e. The van der Waals surface area contributed by atoms with Crippen molar-refractivity contribution in [3.8, 4) is 0 Å². The van der Waals surface area contributed by atoms with Crippen molar-refractivity contribution in [2.45, 2.75) is 58.0 Å². The molecule has 3 atom stereocenters. The second-order valence-electron chi connectivity index (χ2n) is 5.21. The van der Waals surface area contributed by atoms with Gasteiger partial charge in [0.05, 0.1) is 17.7 Å². The van der Waals surface area contributed by atoms with Gasteiger partial charge in [-0.3, -0.25) is 4.90 Å². The second kappa shape index (κ2) is 4.15. The van der Waals surface area contributed by atoms with Crippen LogP contribution >= 0.6 is 0 Å². The van der Waals surface area contributed by atoms with Crippen molar-refractivity contribution in [3.05, 3.63) is 0 Å². The first-order chi connectivity index (χ1) is 6.31. The standard InChI is InChI=1S/C11H22FNO/c1-8(14-11(2,3)4)10-9(12)6-7-13(10)5/h8-10H,6-7H2,1-5H3/t8-,9+,10+/m0/s1. The van der Waals surface area contributed by atoms with Crippen molar-refractivity contribution in [1.82, 2.24) is 4.90 Å². The molecule has 84 valence electrons. The summed E-state index contributed by atoms with van der Waals surface area (Å²) in [6.45, 7) is 8.82. The lowest BCUT2D eigenvalue weighted by atomic mass is 10.1. The highest BCUT2D eigenvalue weighted by molar-refractivity contribution is 4.90. The van der Waals surface area contributed by atoms with E-state index in [0.29, 0.717) is 6.42 Å². The van der Waals surface area contributed by atoms with Gasteiger partial charge < -0.3 is 4.74 Å². The first kappa shape index (κ1) is 11.9. The average molecular weight is 203 g/mol. The molecule has 3 heteroatoms. The van der Waals surface area contributed by atoms with Gasteiger partial charge in [0.25, 0.3) is 0 Å². The molecule has 0 bridgehead atoms. The molecule has 0 spiro atoms. The minimum atomic E-state index is -0.739. The fourth-order valence-electron chi connectivity index (χ4n) is 2.20. The Morgan fingerprint density at radius 1 is 1.43 bits per heavy atom. The fourth-order valence-corrected chi connectivity index (χ4v) is 2.20. The molecule has 1 fully saturated rings. The molecule has 0 N–H and O–H groups in total. The summed E-state index contributed by atoms with van der Waals surface area (Å²) >= 11 is 0. The summed E-state index contributed by atoms with van der Waals surface area (Å²) in [6.07, 6.45) is -0.145. The summed E-state index contributed by atoms with van der Waals surface area (Å²) in [4.78, 5) is 2.06. The summed E-state index contributed by atoms with van der Waals surface area (Å²) in [7, 11) is 1.97. The van der Waals surface area contributed by atoms with Crippen molar-refractivity contribution in [3.63, 3.8) is 0 Å². The summed E-state index contributed by atoms with van der Waals surface area (Å²) in [5.41, 5.74) is -0.192. The number of likely N-dealkylation sites (tertiary alicyclic amines) is 1. The molecule has 1 heterocycles. The minimum absolute atomic E-state index is 0.0440. The van der Waals surface area contributed by atoms with Gasteiger partial charge in [0, 0.05) is 6.54 Å². The zero-order valence-electron chi connectivity index (χ0n) is 9.88. The highest BCUT2D eigenvalue weighted by Gasteiger charge is 2.37. The van der Waals surface area contributed by atoms with E-state index in [1.807, 2.05) is 34.7 Å². The number of nitrogens with zero attached hydrogens (tertiary/aromatic N) is 1. The van der Waals surface area contributed by atoms with E-state index >= 15 is 0 Å². The molecule has 0 aromatic heterocycles. The Labute approximate surface area is 86.4 Å². The Balaban J connectivity index is 2.55. The van der Waals surface area contributed by atoms with E-state index in [1.165, 1.54) is 0 Å². The van der Waals surface area contributed by atoms with Crippen LogP contribution < -0.4 is 0 Å². The van der Waals surface area contributed by atoms with Gasteiger partial charge in [-0.05, 0) is 41.2 Å². The molecule has 2 nitrogen and oxygen atoms in total. The lowest BCUT2D eigenvalue weighted by molar-refractivity contribution is -0.0864. The van der Waals surface area contributed by atoms with Crippen molar-refractivity contribution >= 4 is 0 Å². The topological polar surface area (TPSA) is 12.5 Å². The number of alkyl halides is 1. The molecule has 0 aromatic carbocycles. The molecule has 0 unspecified atom stereocenters. The van der Waals surface area contributed by atoms with E-state index in [2.05, 4.69) is 4.90 Å². The van der Waals surface area contributed by atoms with Crippen molar-refractivity contribution in [2.24, 2.45) is 0 Å². The summed E-state index contributed by atoms with van der Waals surface area (Å²) < 4.78 is 19.3. The Kier molecular flexibility index (Phi) is 3.53. The molecule has 1 saturated heterocycles. The van der Waals surface area contributed by atoms with Crippen LogP contribution in [-0.2, 0) is 4.74 Å². The van der Waals surface area contributed by atoms with Crippen molar-refractivity contribution in [1.29, 1.82) is 0 Å². The highest BCUT2D eigenvalue weighted by atomic mass is 19.1.